The van der Waals surface area contributed by atoms with Gasteiger partial charge in [0.25, 0.3) is 5.56 Å². The lowest BCUT2D eigenvalue weighted by Crippen LogP contribution is -2.39. The number of carbonyl (C=O) groups excluding carboxylic acids is 1. The number of nitrogens with one attached hydrogen (secondary N) is 1. The SMILES string of the molecule is COCCCNC(=O)CSC(=Nc1ccc(C)cc1)c1c(O)n(C)c(=O)n(C)c1=O. The minimum absolute atomic E-state index is 0.0108. The molecule has 2 N–H and O–H groups in total. The number of benzene rings is 1. The summed E-state index contributed by atoms with van der Waals surface area (Å²) < 4.78 is 6.80. The van der Waals surface area contributed by atoms with Crippen LogP contribution in [0.15, 0.2) is 38.8 Å². The van der Waals surface area contributed by atoms with Gasteiger partial charge in [0, 0.05) is 34.4 Å². The number of methoxy groups -OCH3 is 1. The van der Waals surface area contributed by atoms with Gasteiger partial charge in [-0.1, -0.05) is 29.5 Å². The van der Waals surface area contributed by atoms with Crippen molar-refractivity contribution in [3.63, 3.8) is 0 Å². The van der Waals surface area contributed by atoms with Gasteiger partial charge < -0.3 is 15.2 Å². The summed E-state index contributed by atoms with van der Waals surface area (Å²) in [6, 6.07) is 7.26. The highest BCUT2D eigenvalue weighted by Gasteiger charge is 2.21. The zero-order valence-corrected chi connectivity index (χ0v) is 18.3. The fraction of sp³-hybridized carbons (Fsp3) is 0.400. The Morgan fingerprint density at radius 1 is 1.20 bits per heavy atom. The van der Waals surface area contributed by atoms with E-state index in [0.29, 0.717) is 25.3 Å². The normalized spacial score (nSPS) is 11.5. The van der Waals surface area contributed by atoms with Crippen LogP contribution in [0.3, 0.4) is 0 Å². The maximum atomic E-state index is 12.7. The molecule has 0 atom stereocenters. The number of hydrogen-bond donors (Lipinski definition) is 2. The molecule has 2 aromatic rings. The van der Waals surface area contributed by atoms with E-state index in [1.165, 1.54) is 14.1 Å². The van der Waals surface area contributed by atoms with Gasteiger partial charge in [-0.3, -0.25) is 18.7 Å². The van der Waals surface area contributed by atoms with Crippen molar-refractivity contribution >= 4 is 28.4 Å². The number of hydrogen-bond acceptors (Lipinski definition) is 7. The van der Waals surface area contributed by atoms with Crippen LogP contribution in [0, 0.1) is 6.92 Å². The van der Waals surface area contributed by atoms with E-state index in [1.807, 2.05) is 19.1 Å². The third-order valence-corrected chi connectivity index (χ3v) is 5.27. The zero-order valence-electron chi connectivity index (χ0n) is 17.5. The Labute approximate surface area is 178 Å². The van der Waals surface area contributed by atoms with Gasteiger partial charge in [0.2, 0.25) is 11.8 Å². The molecule has 0 unspecified atom stereocenters. The first-order chi connectivity index (χ1) is 14.3. The van der Waals surface area contributed by atoms with Gasteiger partial charge in [-0.25, -0.2) is 9.79 Å². The van der Waals surface area contributed by atoms with Gasteiger partial charge in [-0.05, 0) is 25.5 Å². The zero-order chi connectivity index (χ0) is 22.3. The first kappa shape index (κ1) is 23.4. The van der Waals surface area contributed by atoms with Gasteiger partial charge in [0.1, 0.15) is 10.6 Å². The second-order valence-corrected chi connectivity index (χ2v) is 7.61. The average Bonchev–Trinajstić information content (AvgIpc) is 2.73. The van der Waals surface area contributed by atoms with Crippen molar-refractivity contribution in [2.24, 2.45) is 19.1 Å². The highest BCUT2D eigenvalue weighted by molar-refractivity contribution is 8.15. The standard InChI is InChI=1S/C20H26N4O5S/c1-13-6-8-14(9-7-13)22-17(30-12-15(25)21-10-5-11-29-4)16-18(26)23(2)20(28)24(3)19(16)27/h6-9,26H,5,10-12H2,1-4H3,(H,21,25). The Morgan fingerprint density at radius 2 is 1.87 bits per heavy atom. The summed E-state index contributed by atoms with van der Waals surface area (Å²) in [4.78, 5) is 41.4. The third kappa shape index (κ3) is 5.83. The van der Waals surface area contributed by atoms with Crippen molar-refractivity contribution in [3.8, 4) is 5.88 Å². The van der Waals surface area contributed by atoms with E-state index in [-0.39, 0.29) is 22.3 Å². The number of rotatable bonds is 8. The van der Waals surface area contributed by atoms with Crippen LogP contribution in [0.2, 0.25) is 0 Å². The first-order valence-electron chi connectivity index (χ1n) is 9.29. The molecule has 0 bridgehead atoms. The van der Waals surface area contributed by atoms with Crippen molar-refractivity contribution in [1.82, 2.24) is 14.5 Å². The maximum absolute atomic E-state index is 12.7. The van der Waals surface area contributed by atoms with Gasteiger partial charge in [-0.15, -0.1) is 0 Å². The Kier molecular flexibility index (Phi) is 8.43. The van der Waals surface area contributed by atoms with Gasteiger partial charge in [0.05, 0.1) is 11.4 Å². The van der Waals surface area contributed by atoms with Crippen LogP contribution in [0.5, 0.6) is 5.88 Å². The largest absolute Gasteiger partial charge is 0.494 e. The molecule has 0 radical (unpaired) electrons. The topological polar surface area (TPSA) is 115 Å². The lowest BCUT2D eigenvalue weighted by Gasteiger charge is -2.12. The second-order valence-electron chi connectivity index (χ2n) is 6.64. The molecule has 0 aliphatic carbocycles. The Hall–Kier alpha value is -2.85. The van der Waals surface area contributed by atoms with Crippen molar-refractivity contribution in [2.75, 3.05) is 26.0 Å². The fourth-order valence-electron chi connectivity index (χ4n) is 2.55. The van der Waals surface area contributed by atoms with E-state index in [2.05, 4.69) is 10.3 Å². The molecular formula is C20H26N4O5S. The molecule has 1 amide bonds. The lowest BCUT2D eigenvalue weighted by atomic mass is 10.2. The van der Waals surface area contributed by atoms with Gasteiger partial charge >= 0.3 is 5.69 Å². The molecule has 0 saturated heterocycles. The molecule has 0 fully saturated rings. The van der Waals surface area contributed by atoms with Crippen LogP contribution in [0.25, 0.3) is 0 Å². The fourth-order valence-corrected chi connectivity index (χ4v) is 3.41. The molecule has 162 valence electrons. The van der Waals surface area contributed by atoms with Crippen molar-refractivity contribution in [3.05, 3.63) is 56.2 Å². The van der Waals surface area contributed by atoms with Crippen LogP contribution in [-0.2, 0) is 23.6 Å². The molecule has 10 heteroatoms. The van der Waals surface area contributed by atoms with E-state index in [0.717, 1.165) is 26.5 Å². The molecule has 0 aliphatic heterocycles. The molecular weight excluding hydrogens is 408 g/mol. The molecule has 2 rings (SSSR count). The van der Waals surface area contributed by atoms with Crippen molar-refractivity contribution in [2.45, 2.75) is 13.3 Å². The number of aliphatic imine (C=N–C) groups is 1. The Balaban J connectivity index is 2.39. The Morgan fingerprint density at radius 3 is 2.50 bits per heavy atom. The van der Waals surface area contributed by atoms with Crippen LogP contribution >= 0.6 is 11.8 Å². The molecule has 0 aliphatic rings. The van der Waals surface area contributed by atoms with E-state index in [1.54, 1.807) is 19.2 Å². The predicted molar refractivity (Wildman–Crippen MR) is 118 cm³/mol. The number of nitrogens with zero attached hydrogens (tertiary/aromatic N) is 3. The van der Waals surface area contributed by atoms with Crippen molar-refractivity contribution < 1.29 is 14.6 Å². The summed E-state index contributed by atoms with van der Waals surface area (Å²) >= 11 is 1.02. The molecule has 9 nitrogen and oxygen atoms in total. The quantitative estimate of drug-likeness (QED) is 0.365. The van der Waals surface area contributed by atoms with E-state index in [4.69, 9.17) is 4.74 Å². The minimum atomic E-state index is -0.686. The molecule has 30 heavy (non-hydrogen) atoms. The van der Waals surface area contributed by atoms with Gasteiger partial charge in [0.15, 0.2) is 0 Å². The first-order valence-corrected chi connectivity index (χ1v) is 10.3. The smallest absolute Gasteiger partial charge is 0.333 e. The third-order valence-electron chi connectivity index (χ3n) is 4.30. The number of aromatic hydroxyl groups is 1. The summed E-state index contributed by atoms with van der Waals surface area (Å²) in [5.41, 5.74) is 0.127. The number of aromatic nitrogens is 2. The number of aryl methyl sites for hydroxylation is 1. The van der Waals surface area contributed by atoms with Crippen molar-refractivity contribution in [1.29, 1.82) is 0 Å². The van der Waals surface area contributed by atoms with E-state index in [9.17, 15) is 19.5 Å². The number of carbonyl (C=O) groups is 1. The molecule has 0 spiro atoms. The van der Waals surface area contributed by atoms with Crippen LogP contribution in [-0.4, -0.2) is 51.2 Å². The lowest BCUT2D eigenvalue weighted by molar-refractivity contribution is -0.118. The number of amides is 1. The predicted octanol–water partition coefficient (Wildman–Crippen LogP) is 1.06. The van der Waals surface area contributed by atoms with Gasteiger partial charge in [-0.2, -0.15) is 0 Å². The molecule has 0 saturated carbocycles. The highest BCUT2D eigenvalue weighted by Crippen LogP contribution is 2.23. The summed E-state index contributed by atoms with van der Waals surface area (Å²) in [5, 5.41) is 13.4. The summed E-state index contributed by atoms with van der Waals surface area (Å²) in [6.07, 6.45) is 0.680. The van der Waals surface area contributed by atoms with E-state index < -0.39 is 17.1 Å². The summed E-state index contributed by atoms with van der Waals surface area (Å²) in [5.74, 6) is -0.751. The van der Waals surface area contributed by atoms with Crippen LogP contribution in [0.1, 0.15) is 17.5 Å². The molecule has 1 aromatic heterocycles. The molecule has 1 heterocycles. The summed E-state index contributed by atoms with van der Waals surface area (Å²) in [7, 11) is 4.27. The Bertz CT molecular complexity index is 1040. The maximum Gasteiger partial charge on any atom is 0.333 e. The minimum Gasteiger partial charge on any atom is -0.494 e. The van der Waals surface area contributed by atoms with Crippen LogP contribution in [0.4, 0.5) is 5.69 Å². The number of thioether (sulfide) groups is 1. The molecule has 1 aromatic carbocycles. The van der Waals surface area contributed by atoms with Crippen LogP contribution < -0.4 is 16.6 Å². The second kappa shape index (κ2) is 10.8. The highest BCUT2D eigenvalue weighted by atomic mass is 32.2. The monoisotopic (exact) mass is 434 g/mol. The summed E-state index contributed by atoms with van der Waals surface area (Å²) in [6.45, 7) is 2.94. The van der Waals surface area contributed by atoms with E-state index >= 15 is 0 Å². The number of ether oxygens (including phenoxy) is 1. The average molecular weight is 435 g/mol.